The Bertz CT molecular complexity index is 2550. The topological polar surface area (TPSA) is 327 Å². The average Bonchev–Trinajstić information content (AvgIpc) is 3.98. The molecule has 67 heavy (non-hydrogen) atoms. The molecule has 0 saturated carbocycles. The third-order valence-electron chi connectivity index (χ3n) is 11.5. The minimum absolute atomic E-state index is 0.00527. The fourth-order valence-electron chi connectivity index (χ4n) is 7.98. The van der Waals surface area contributed by atoms with Crippen LogP contribution in [-0.4, -0.2) is 106 Å². The van der Waals surface area contributed by atoms with Crippen LogP contribution in [0.3, 0.4) is 0 Å². The van der Waals surface area contributed by atoms with E-state index in [4.69, 9.17) is 17.2 Å². The first-order valence-corrected chi connectivity index (χ1v) is 22.4. The first-order chi connectivity index (χ1) is 32.3. The van der Waals surface area contributed by atoms with Gasteiger partial charge in [-0.15, -0.1) is 0 Å². The van der Waals surface area contributed by atoms with Crippen molar-refractivity contribution in [3.63, 3.8) is 0 Å². The molecule has 0 unspecified atom stereocenters. The number of hydrogen-bond donors (Lipinski definition) is 11. The van der Waals surface area contributed by atoms with Crippen LogP contribution in [0.1, 0.15) is 68.2 Å². The second-order valence-corrected chi connectivity index (χ2v) is 16.6. The van der Waals surface area contributed by atoms with E-state index < -0.39 is 65.7 Å². The number of nitrogens with two attached hydrogens (primary N) is 3. The number of aromatic nitrogens is 3. The number of guanidine groups is 1. The van der Waals surface area contributed by atoms with Crippen LogP contribution >= 0.6 is 0 Å². The van der Waals surface area contributed by atoms with Crippen molar-refractivity contribution in [1.82, 2.24) is 46.9 Å². The molecule has 1 saturated heterocycles. The largest absolute Gasteiger partial charge is 0.370 e. The van der Waals surface area contributed by atoms with Gasteiger partial charge in [0, 0.05) is 74.2 Å². The number of aliphatic imine (C=N–C) groups is 1. The minimum atomic E-state index is -1.29. The summed E-state index contributed by atoms with van der Waals surface area (Å²) in [5.41, 5.74) is 19.7. The summed E-state index contributed by atoms with van der Waals surface area (Å²) in [6, 6.07) is 14.6. The van der Waals surface area contributed by atoms with E-state index in [9.17, 15) is 33.6 Å². The summed E-state index contributed by atoms with van der Waals surface area (Å²) >= 11 is 0. The molecule has 1 fully saturated rings. The Balaban J connectivity index is 1.35. The molecule has 354 valence electrons. The van der Waals surface area contributed by atoms with Crippen LogP contribution in [0.4, 0.5) is 0 Å². The number of nitrogens with zero attached hydrogens (tertiary/aromatic N) is 2. The first-order valence-electron chi connectivity index (χ1n) is 22.4. The lowest BCUT2D eigenvalue weighted by atomic mass is 9.99. The van der Waals surface area contributed by atoms with Crippen LogP contribution in [0.5, 0.6) is 0 Å². The summed E-state index contributed by atoms with van der Waals surface area (Å²) in [6.45, 7) is 0.379. The number of imidazole rings is 1. The minimum Gasteiger partial charge on any atom is -0.370 e. The van der Waals surface area contributed by atoms with Gasteiger partial charge in [0.1, 0.15) is 30.2 Å². The van der Waals surface area contributed by atoms with Crippen molar-refractivity contribution in [3.8, 4) is 0 Å². The smallest absolute Gasteiger partial charge is 0.243 e. The summed E-state index contributed by atoms with van der Waals surface area (Å²) in [5.74, 6) is -4.59. The zero-order chi connectivity index (χ0) is 47.7. The zero-order valence-corrected chi connectivity index (χ0v) is 37.1. The number of para-hydroxylation sites is 1. The molecular weight excluding hydrogens is 859 g/mol. The number of carbonyl (C=O) groups is 7. The van der Waals surface area contributed by atoms with Crippen molar-refractivity contribution in [2.45, 2.75) is 101 Å². The Labute approximate surface area is 386 Å². The lowest BCUT2D eigenvalue weighted by Crippen LogP contribution is -2.60. The Morgan fingerprint density at radius 1 is 0.672 bits per heavy atom. The van der Waals surface area contributed by atoms with Crippen molar-refractivity contribution < 1.29 is 33.6 Å². The lowest BCUT2D eigenvalue weighted by Gasteiger charge is -2.27. The molecule has 5 atom stereocenters. The van der Waals surface area contributed by atoms with E-state index in [1.807, 2.05) is 66.7 Å². The van der Waals surface area contributed by atoms with Gasteiger partial charge in [-0.05, 0) is 66.5 Å². The van der Waals surface area contributed by atoms with Gasteiger partial charge in [-0.1, -0.05) is 60.7 Å². The molecule has 20 heteroatoms. The van der Waals surface area contributed by atoms with E-state index in [2.05, 4.69) is 51.8 Å². The number of hydrogen-bond acceptors (Lipinski definition) is 9. The summed E-state index contributed by atoms with van der Waals surface area (Å²) in [4.78, 5) is 111. The van der Waals surface area contributed by atoms with Gasteiger partial charge in [-0.25, -0.2) is 4.98 Å². The van der Waals surface area contributed by atoms with Crippen LogP contribution in [0.25, 0.3) is 21.7 Å². The molecule has 1 aliphatic heterocycles. The lowest BCUT2D eigenvalue weighted by molar-refractivity contribution is -0.135. The van der Waals surface area contributed by atoms with E-state index in [0.717, 1.165) is 21.7 Å². The molecule has 5 aromatic rings. The van der Waals surface area contributed by atoms with Gasteiger partial charge in [0.2, 0.25) is 41.4 Å². The molecule has 20 nitrogen and oxygen atoms in total. The summed E-state index contributed by atoms with van der Waals surface area (Å²) in [7, 11) is 0. The predicted molar refractivity (Wildman–Crippen MR) is 251 cm³/mol. The second-order valence-electron chi connectivity index (χ2n) is 16.6. The molecule has 6 rings (SSSR count). The quantitative estimate of drug-likeness (QED) is 0.0495. The van der Waals surface area contributed by atoms with Gasteiger partial charge < -0.3 is 59.1 Å². The Morgan fingerprint density at radius 3 is 2.09 bits per heavy atom. The maximum Gasteiger partial charge on any atom is 0.243 e. The molecule has 0 bridgehead atoms. The van der Waals surface area contributed by atoms with E-state index in [1.165, 1.54) is 12.5 Å². The average molecular weight is 918 g/mol. The molecule has 2 aromatic heterocycles. The standard InChI is InChI=1S/C47H59N13O7/c48-42(63)35-13-5-6-19-52-40(61)15-7-16-41(62)56-39(24-32-26-51-27-55-32)46(67)59-37(22-28-17-18-29-9-1-2-10-30(29)21-28)44(65)58-36(14-8-20-53-47(49)50)43(64)60-38(45(66)57-35)23-31-25-54-34-12-4-3-11-33(31)34/h1-4,9-12,17-18,21,25-27,35-39,54H,5-8,13-16,19-20,22-24H2,(H2,48,63)(H,51,55)(H,52,61)(H,56,62)(H,57,66)(H,58,65)(H,59,67)(H,60,64)(H4,49,50,53)/t35-,36+,37-,38-,39+/m1/s1. The van der Waals surface area contributed by atoms with Gasteiger partial charge in [0.15, 0.2) is 5.96 Å². The van der Waals surface area contributed by atoms with Crippen LogP contribution < -0.4 is 49.1 Å². The maximum atomic E-state index is 14.7. The number of H-pyrrole nitrogens is 2. The van der Waals surface area contributed by atoms with E-state index in [0.29, 0.717) is 29.7 Å². The normalized spacial score (nSPS) is 21.2. The fourth-order valence-corrected chi connectivity index (χ4v) is 7.98. The molecule has 3 heterocycles. The Kier molecular flexibility index (Phi) is 17.4. The summed E-state index contributed by atoms with van der Waals surface area (Å²) < 4.78 is 0. The number of benzene rings is 3. The van der Waals surface area contributed by atoms with Gasteiger partial charge in [0.05, 0.1) is 6.33 Å². The monoisotopic (exact) mass is 917 g/mol. The zero-order valence-electron chi connectivity index (χ0n) is 37.1. The number of fused-ring (bicyclic) bond motifs is 2. The third-order valence-corrected chi connectivity index (χ3v) is 11.5. The number of primary amides is 1. The highest BCUT2D eigenvalue weighted by Gasteiger charge is 2.33. The van der Waals surface area contributed by atoms with Crippen LogP contribution in [0.15, 0.2) is 90.4 Å². The van der Waals surface area contributed by atoms with E-state index in [-0.39, 0.29) is 82.7 Å². The van der Waals surface area contributed by atoms with E-state index in [1.54, 1.807) is 6.20 Å². The molecule has 3 aromatic carbocycles. The molecule has 7 amide bonds. The summed E-state index contributed by atoms with van der Waals surface area (Å²) in [6.07, 6.45) is 6.02. The van der Waals surface area contributed by atoms with Crippen molar-refractivity contribution >= 4 is 69.0 Å². The van der Waals surface area contributed by atoms with Gasteiger partial charge in [0.25, 0.3) is 0 Å². The van der Waals surface area contributed by atoms with Crippen molar-refractivity contribution in [2.24, 2.45) is 22.2 Å². The highest BCUT2D eigenvalue weighted by molar-refractivity contribution is 5.97. The van der Waals surface area contributed by atoms with Gasteiger partial charge in [-0.3, -0.25) is 38.6 Å². The van der Waals surface area contributed by atoms with Crippen molar-refractivity contribution in [3.05, 3.63) is 102 Å². The Morgan fingerprint density at radius 2 is 1.34 bits per heavy atom. The highest BCUT2D eigenvalue weighted by atomic mass is 16.2. The third kappa shape index (κ3) is 14.6. The number of aromatic amines is 2. The van der Waals surface area contributed by atoms with Crippen LogP contribution in [-0.2, 0) is 52.8 Å². The number of carbonyl (C=O) groups excluding carboxylic acids is 7. The molecular formula is C47H59N13O7. The van der Waals surface area contributed by atoms with Crippen molar-refractivity contribution in [1.29, 1.82) is 0 Å². The molecule has 0 radical (unpaired) electrons. The number of nitrogens with one attached hydrogen (secondary N) is 8. The van der Waals surface area contributed by atoms with Crippen LogP contribution in [0.2, 0.25) is 0 Å². The highest BCUT2D eigenvalue weighted by Crippen LogP contribution is 2.21. The Hall–Kier alpha value is -7.77. The second kappa shape index (κ2) is 24.0. The molecule has 14 N–H and O–H groups in total. The molecule has 0 spiro atoms. The SMILES string of the molecule is NC(=O)[C@H]1CCCCNC(=O)CCCC(=O)N[C@@H](Cc2cnc[nH]2)C(=O)N[C@H](Cc2ccc3ccccc3c2)C(=O)N[C@@H](CCCN=C(N)N)C(=O)N[C@H](Cc2c[nH]c3ccccc23)C(=O)N1. The molecule has 1 aliphatic rings. The first kappa shape index (κ1) is 48.7. The summed E-state index contributed by atoms with van der Waals surface area (Å²) in [5, 5.41) is 19.4. The number of amides is 7. The molecule has 0 aliphatic carbocycles. The predicted octanol–water partition coefficient (Wildman–Crippen LogP) is 0.505. The fraction of sp³-hybridized carbons (Fsp3) is 0.383. The maximum absolute atomic E-state index is 14.7. The van der Waals surface area contributed by atoms with Gasteiger partial charge >= 0.3 is 0 Å². The van der Waals surface area contributed by atoms with E-state index >= 15 is 0 Å². The van der Waals surface area contributed by atoms with Crippen molar-refractivity contribution in [2.75, 3.05) is 13.1 Å². The number of rotatable bonds is 11. The van der Waals surface area contributed by atoms with Gasteiger partial charge in [-0.2, -0.15) is 0 Å². The van der Waals surface area contributed by atoms with Crippen LogP contribution in [0, 0.1) is 0 Å².